The van der Waals surface area contributed by atoms with Gasteiger partial charge < -0.3 is 14.7 Å². The summed E-state index contributed by atoms with van der Waals surface area (Å²) < 4.78 is 51.5. The second-order valence-corrected chi connectivity index (χ2v) is 13.6. The molecule has 4 saturated heterocycles. The monoisotopic (exact) mass is 666 g/mol. The van der Waals surface area contributed by atoms with E-state index in [1.54, 1.807) is 18.2 Å². The first-order chi connectivity index (χ1) is 23.5. The molecule has 4 aliphatic rings. The number of nitrogens with zero attached hydrogens (tertiary/aromatic N) is 6. The molecule has 2 aromatic carbocycles. The second kappa shape index (κ2) is 11.5. The Morgan fingerprint density at radius 1 is 1.12 bits per heavy atom. The molecule has 9 nitrogen and oxygen atoms in total. The number of piperazine rings is 1. The average molecular weight is 667 g/mol. The Labute approximate surface area is 280 Å². The number of carbonyl (C=O) groups is 1. The highest BCUT2D eigenvalue weighted by molar-refractivity contribution is 6.02. The van der Waals surface area contributed by atoms with Gasteiger partial charge in [-0.3, -0.25) is 14.8 Å². The molecule has 12 heteroatoms. The summed E-state index contributed by atoms with van der Waals surface area (Å²) in [5.74, 6) is 2.13. The van der Waals surface area contributed by atoms with Crippen LogP contribution in [0, 0.1) is 18.2 Å². The quantitative estimate of drug-likeness (QED) is 0.182. The van der Waals surface area contributed by atoms with E-state index in [-0.39, 0.29) is 52.6 Å². The van der Waals surface area contributed by atoms with E-state index >= 15 is 4.39 Å². The van der Waals surface area contributed by atoms with Gasteiger partial charge in [-0.05, 0) is 49.3 Å². The summed E-state index contributed by atoms with van der Waals surface area (Å²) in [5, 5.41) is 11.0. The largest absolute Gasteiger partial charge is 0.465 e. The summed E-state index contributed by atoms with van der Waals surface area (Å²) in [4.78, 5) is 31.6. The van der Waals surface area contributed by atoms with Crippen molar-refractivity contribution in [3.63, 3.8) is 0 Å². The topological polar surface area (TPSA) is 94.9 Å². The normalized spacial score (nSPS) is 21.6. The fourth-order valence-electron chi connectivity index (χ4n) is 8.44. The lowest BCUT2D eigenvalue weighted by atomic mass is 9.92. The number of benzene rings is 2. The maximum atomic E-state index is 17.0. The van der Waals surface area contributed by atoms with E-state index in [2.05, 4.69) is 33.9 Å². The van der Waals surface area contributed by atoms with Gasteiger partial charge in [0.15, 0.2) is 5.82 Å². The number of hydrogen-bond donors (Lipinski definition) is 1. The van der Waals surface area contributed by atoms with Gasteiger partial charge in [0.25, 0.3) is 6.43 Å². The Bertz CT molecular complexity index is 2100. The Kier molecular flexibility index (Phi) is 7.30. The van der Waals surface area contributed by atoms with E-state index in [1.807, 2.05) is 4.90 Å². The molecule has 250 valence electrons. The zero-order valence-corrected chi connectivity index (χ0v) is 26.6. The van der Waals surface area contributed by atoms with Crippen LogP contribution < -0.4 is 9.64 Å². The molecular weight excluding hydrogens is 633 g/mol. The number of hydrogen-bond acceptors (Lipinski definition) is 7. The van der Waals surface area contributed by atoms with Gasteiger partial charge in [0.1, 0.15) is 23.6 Å². The van der Waals surface area contributed by atoms with Crippen LogP contribution in [0.2, 0.25) is 0 Å². The van der Waals surface area contributed by atoms with Crippen molar-refractivity contribution in [2.75, 3.05) is 37.7 Å². The average Bonchev–Trinajstić information content (AvgIpc) is 3.65. The maximum absolute atomic E-state index is 17.0. The molecule has 4 aromatic rings. The van der Waals surface area contributed by atoms with Crippen LogP contribution >= 0.6 is 0 Å². The van der Waals surface area contributed by atoms with Gasteiger partial charge in [0.05, 0.1) is 23.0 Å². The van der Waals surface area contributed by atoms with E-state index in [1.165, 1.54) is 23.2 Å². The predicted molar refractivity (Wildman–Crippen MR) is 179 cm³/mol. The molecule has 0 aliphatic carbocycles. The maximum Gasteiger partial charge on any atom is 0.407 e. The van der Waals surface area contributed by atoms with Crippen LogP contribution in [-0.4, -0.2) is 86.4 Å². The number of rotatable bonds is 6. The van der Waals surface area contributed by atoms with E-state index in [4.69, 9.17) is 16.1 Å². The lowest BCUT2D eigenvalue weighted by Crippen LogP contribution is -2.55. The number of alkyl halides is 2. The predicted octanol–water partition coefficient (Wildman–Crippen LogP) is 6.57. The fourth-order valence-corrected chi connectivity index (χ4v) is 8.44. The van der Waals surface area contributed by atoms with Crippen molar-refractivity contribution < 1.29 is 27.8 Å². The number of halogens is 3. The number of pyridine rings is 1. The van der Waals surface area contributed by atoms with Crippen LogP contribution in [0.25, 0.3) is 32.9 Å². The molecular formula is C37H33F3N6O3. The van der Waals surface area contributed by atoms with Crippen LogP contribution in [0.1, 0.15) is 43.2 Å². The SMILES string of the molecule is C#Cc1cccc2cc(C(F)F)cc(-c3ncc4c(N5C[C@H]6CC[C@@H](C5)N6C(=O)O)nc(OCC56CC(=C)CN5CC(=C)C6)nc4c3F)c12. The highest BCUT2D eigenvalue weighted by Crippen LogP contribution is 2.44. The fraction of sp³-hybridized carbons (Fsp3) is 0.351. The van der Waals surface area contributed by atoms with Crippen molar-refractivity contribution in [2.45, 2.75) is 49.7 Å². The third-order valence-electron chi connectivity index (χ3n) is 10.4. The lowest BCUT2D eigenvalue weighted by Gasteiger charge is -2.40. The molecule has 4 aliphatic heterocycles. The molecule has 2 bridgehead atoms. The van der Waals surface area contributed by atoms with Crippen LogP contribution in [0.15, 0.2) is 60.8 Å². The first kappa shape index (κ1) is 31.1. The van der Waals surface area contributed by atoms with Gasteiger partial charge in [-0.25, -0.2) is 18.0 Å². The van der Waals surface area contributed by atoms with Crippen molar-refractivity contribution in [1.29, 1.82) is 0 Å². The summed E-state index contributed by atoms with van der Waals surface area (Å²) in [5.41, 5.74) is 1.79. The lowest BCUT2D eigenvalue weighted by molar-refractivity contribution is 0.107. The Morgan fingerprint density at radius 2 is 1.84 bits per heavy atom. The van der Waals surface area contributed by atoms with E-state index in [9.17, 15) is 18.7 Å². The number of anilines is 1. The zero-order valence-electron chi connectivity index (χ0n) is 26.6. The molecule has 0 spiro atoms. The third kappa shape index (κ3) is 5.06. The van der Waals surface area contributed by atoms with Crippen LogP contribution in [0.5, 0.6) is 6.01 Å². The number of amides is 1. The minimum atomic E-state index is -2.81. The minimum absolute atomic E-state index is 0.0496. The highest BCUT2D eigenvalue weighted by atomic mass is 19.3. The summed E-state index contributed by atoms with van der Waals surface area (Å²) >= 11 is 0. The van der Waals surface area contributed by atoms with Crippen molar-refractivity contribution >= 4 is 33.6 Å². The minimum Gasteiger partial charge on any atom is -0.465 e. The van der Waals surface area contributed by atoms with Crippen molar-refractivity contribution in [1.82, 2.24) is 24.8 Å². The van der Waals surface area contributed by atoms with Gasteiger partial charge in [0, 0.05) is 54.5 Å². The number of fused-ring (bicyclic) bond motifs is 5. The smallest absolute Gasteiger partial charge is 0.407 e. The molecule has 0 unspecified atom stereocenters. The molecule has 0 saturated carbocycles. The Morgan fingerprint density at radius 3 is 2.49 bits per heavy atom. The molecule has 2 aromatic heterocycles. The number of terminal acetylenes is 1. The van der Waals surface area contributed by atoms with Gasteiger partial charge >= 0.3 is 12.1 Å². The third-order valence-corrected chi connectivity index (χ3v) is 10.4. The summed E-state index contributed by atoms with van der Waals surface area (Å²) in [6.45, 7) is 10.8. The summed E-state index contributed by atoms with van der Waals surface area (Å²) in [6, 6.07) is 7.00. The first-order valence-corrected chi connectivity index (χ1v) is 16.2. The molecule has 1 N–H and O–H groups in total. The van der Waals surface area contributed by atoms with Gasteiger partial charge in [-0.15, -0.1) is 6.42 Å². The number of carboxylic acid groups (broad SMARTS) is 1. The molecule has 4 fully saturated rings. The number of ether oxygens (including phenoxy) is 1. The van der Waals surface area contributed by atoms with Crippen molar-refractivity contribution in [2.24, 2.45) is 0 Å². The van der Waals surface area contributed by atoms with Crippen molar-refractivity contribution in [3.05, 3.63) is 77.8 Å². The summed E-state index contributed by atoms with van der Waals surface area (Å²) in [6.07, 6.45) is 6.31. The molecule has 8 rings (SSSR count). The first-order valence-electron chi connectivity index (χ1n) is 16.2. The van der Waals surface area contributed by atoms with Gasteiger partial charge in [-0.1, -0.05) is 42.4 Å². The molecule has 0 radical (unpaired) electrons. The van der Waals surface area contributed by atoms with Crippen LogP contribution in [0.3, 0.4) is 0 Å². The summed E-state index contributed by atoms with van der Waals surface area (Å²) in [7, 11) is 0. The van der Waals surface area contributed by atoms with E-state index in [0.717, 1.165) is 37.1 Å². The highest BCUT2D eigenvalue weighted by Gasteiger charge is 2.48. The molecule has 6 heterocycles. The van der Waals surface area contributed by atoms with E-state index in [0.29, 0.717) is 53.5 Å². The molecule has 1 amide bonds. The Balaban J connectivity index is 1.28. The van der Waals surface area contributed by atoms with Gasteiger partial charge in [0.2, 0.25) is 0 Å². The zero-order chi connectivity index (χ0) is 34.2. The van der Waals surface area contributed by atoms with Crippen LogP contribution in [-0.2, 0) is 0 Å². The van der Waals surface area contributed by atoms with E-state index < -0.39 is 18.3 Å². The number of aromatic nitrogens is 3. The second-order valence-electron chi connectivity index (χ2n) is 13.6. The Hall–Kier alpha value is -5.15. The molecule has 2 atom stereocenters. The van der Waals surface area contributed by atoms with Gasteiger partial charge in [-0.2, -0.15) is 9.97 Å². The van der Waals surface area contributed by atoms with Crippen LogP contribution in [0.4, 0.5) is 23.8 Å². The molecule has 49 heavy (non-hydrogen) atoms. The van der Waals surface area contributed by atoms with Crippen molar-refractivity contribution in [3.8, 4) is 29.6 Å². The standard InChI is InChI=1S/C37H33F3N6O3/c1-4-22-6-5-7-23-10-24(33(39)40)11-27(29(22)23)31-30(38)32-28(14-41-31)34(44-17-25-8-9-26(18-44)46(25)36(47)48)43-35(42-32)49-19-37-12-20(2)15-45(37)16-21(3)13-37/h1,5-7,10-11,14,25-26,33H,2-3,8-9,12-13,15-19H2,(H,47,48)/t25-,26+.